The molecule has 35 heavy (non-hydrogen) atoms. The standard InChI is InChI=1S/C22H20F7N5O/c23-13-3-1-11(2-4-13)15(33-10-12-5-14(33)6-16(12)35)9-30-19-7-17(21(24,25)26)31-20-8-18(22(27,28)29)32-34(19)20/h1-4,7-8,12,14-16,30,35H,5-6,9-10H2/t12-,14+,15+,16?/m0/s1. The second-order valence-corrected chi connectivity index (χ2v) is 8.92. The van der Waals surface area contributed by atoms with Crippen LogP contribution in [0.25, 0.3) is 5.65 Å². The Morgan fingerprint density at radius 3 is 2.26 bits per heavy atom. The Morgan fingerprint density at radius 1 is 1.00 bits per heavy atom. The summed E-state index contributed by atoms with van der Waals surface area (Å²) in [5.41, 5.74) is -2.65. The van der Waals surface area contributed by atoms with E-state index in [9.17, 15) is 35.8 Å². The van der Waals surface area contributed by atoms with Gasteiger partial charge in [-0.2, -0.15) is 36.0 Å². The van der Waals surface area contributed by atoms with E-state index < -0.39 is 47.4 Å². The highest BCUT2D eigenvalue weighted by Crippen LogP contribution is 2.42. The maximum atomic E-state index is 13.5. The van der Waals surface area contributed by atoms with Crippen LogP contribution in [0.1, 0.15) is 35.8 Å². The minimum atomic E-state index is -4.89. The van der Waals surface area contributed by atoms with Gasteiger partial charge < -0.3 is 10.4 Å². The van der Waals surface area contributed by atoms with E-state index in [1.807, 2.05) is 0 Å². The number of fused-ring (bicyclic) bond motifs is 3. The molecule has 2 bridgehead atoms. The van der Waals surface area contributed by atoms with Crippen LogP contribution in [-0.2, 0) is 12.4 Å². The molecule has 2 aromatic heterocycles. The molecule has 188 valence electrons. The molecule has 6 nitrogen and oxygen atoms in total. The number of aromatic nitrogens is 3. The first-order valence-corrected chi connectivity index (χ1v) is 10.9. The van der Waals surface area contributed by atoms with Gasteiger partial charge in [-0.15, -0.1) is 0 Å². The van der Waals surface area contributed by atoms with Crippen molar-refractivity contribution in [1.29, 1.82) is 0 Å². The number of anilines is 1. The van der Waals surface area contributed by atoms with Crippen LogP contribution < -0.4 is 5.32 Å². The van der Waals surface area contributed by atoms with Gasteiger partial charge in [0.05, 0.1) is 12.1 Å². The third-order valence-corrected chi connectivity index (χ3v) is 6.69. The molecule has 1 aromatic carbocycles. The first-order chi connectivity index (χ1) is 16.4. The van der Waals surface area contributed by atoms with Crippen LogP contribution in [0, 0.1) is 11.7 Å². The molecule has 2 fully saturated rings. The fraction of sp³-hybridized carbons (Fsp3) is 0.455. The van der Waals surface area contributed by atoms with Crippen LogP contribution in [-0.4, -0.2) is 49.8 Å². The minimum Gasteiger partial charge on any atom is -0.393 e. The van der Waals surface area contributed by atoms with E-state index in [4.69, 9.17) is 0 Å². The van der Waals surface area contributed by atoms with E-state index in [1.165, 1.54) is 12.1 Å². The van der Waals surface area contributed by atoms with Crippen molar-refractivity contribution in [2.45, 2.75) is 43.4 Å². The number of likely N-dealkylation sites (tertiary alicyclic amines) is 1. The fourth-order valence-electron chi connectivity index (χ4n) is 5.04. The highest BCUT2D eigenvalue weighted by atomic mass is 19.4. The smallest absolute Gasteiger partial charge is 0.393 e. The van der Waals surface area contributed by atoms with Gasteiger partial charge >= 0.3 is 12.4 Å². The van der Waals surface area contributed by atoms with Crippen LogP contribution in [0.15, 0.2) is 36.4 Å². The Labute approximate surface area is 194 Å². The molecule has 3 aromatic rings. The van der Waals surface area contributed by atoms with Gasteiger partial charge in [0.1, 0.15) is 11.6 Å². The number of rotatable bonds is 5. The Kier molecular flexibility index (Phi) is 5.66. The van der Waals surface area contributed by atoms with Crippen molar-refractivity contribution >= 4 is 11.5 Å². The molecule has 5 rings (SSSR count). The maximum Gasteiger partial charge on any atom is 0.435 e. The Bertz CT molecular complexity index is 1220. The zero-order valence-electron chi connectivity index (χ0n) is 18.0. The summed E-state index contributed by atoms with van der Waals surface area (Å²) in [6, 6.07) is 6.30. The van der Waals surface area contributed by atoms with Gasteiger partial charge in [0.2, 0.25) is 0 Å². The lowest BCUT2D eigenvalue weighted by Gasteiger charge is -2.37. The molecule has 13 heteroatoms. The number of nitrogens with one attached hydrogen (secondary N) is 1. The molecule has 0 spiro atoms. The Hall–Kier alpha value is -2.93. The molecular formula is C22H20F7N5O. The molecule has 0 radical (unpaired) electrons. The largest absolute Gasteiger partial charge is 0.435 e. The lowest BCUT2D eigenvalue weighted by Crippen LogP contribution is -2.42. The van der Waals surface area contributed by atoms with Crippen molar-refractivity contribution in [2.75, 3.05) is 18.4 Å². The van der Waals surface area contributed by atoms with Crippen molar-refractivity contribution in [3.05, 3.63) is 59.2 Å². The molecule has 0 amide bonds. The van der Waals surface area contributed by atoms with Crippen LogP contribution in [0.4, 0.5) is 36.6 Å². The fourth-order valence-corrected chi connectivity index (χ4v) is 5.04. The van der Waals surface area contributed by atoms with Crippen LogP contribution in [0.2, 0.25) is 0 Å². The van der Waals surface area contributed by atoms with E-state index in [1.54, 1.807) is 12.1 Å². The first kappa shape index (κ1) is 23.8. The number of benzene rings is 1. The summed E-state index contributed by atoms with van der Waals surface area (Å²) < 4.78 is 94.0. The number of piperidine rings is 1. The summed E-state index contributed by atoms with van der Waals surface area (Å²) in [6.45, 7) is 0.539. The molecule has 2 aliphatic rings. The zero-order chi connectivity index (χ0) is 25.1. The maximum absolute atomic E-state index is 13.5. The van der Waals surface area contributed by atoms with E-state index in [2.05, 4.69) is 20.3 Å². The predicted octanol–water partition coefficient (Wildman–Crippen LogP) is 4.51. The van der Waals surface area contributed by atoms with Crippen molar-refractivity contribution in [3.8, 4) is 0 Å². The van der Waals surface area contributed by atoms with E-state index in [0.717, 1.165) is 6.42 Å². The number of aliphatic hydroxyl groups is 1. The molecule has 4 atom stereocenters. The van der Waals surface area contributed by atoms with Gasteiger partial charge in [-0.25, -0.2) is 9.37 Å². The molecule has 3 heterocycles. The Balaban J connectivity index is 1.50. The summed E-state index contributed by atoms with van der Waals surface area (Å²) in [6.07, 6.45) is -8.90. The van der Waals surface area contributed by atoms with E-state index in [-0.39, 0.29) is 24.3 Å². The zero-order valence-corrected chi connectivity index (χ0v) is 18.0. The van der Waals surface area contributed by atoms with Crippen molar-refractivity contribution in [3.63, 3.8) is 0 Å². The van der Waals surface area contributed by atoms with Gasteiger partial charge in [-0.3, -0.25) is 4.90 Å². The molecule has 1 saturated heterocycles. The third-order valence-electron chi connectivity index (χ3n) is 6.69. The van der Waals surface area contributed by atoms with Crippen molar-refractivity contribution in [1.82, 2.24) is 19.5 Å². The monoisotopic (exact) mass is 503 g/mol. The van der Waals surface area contributed by atoms with Gasteiger partial charge in [-0.05, 0) is 36.5 Å². The summed E-state index contributed by atoms with van der Waals surface area (Å²) in [5, 5.41) is 16.4. The van der Waals surface area contributed by atoms with Gasteiger partial charge in [0.15, 0.2) is 17.0 Å². The first-order valence-electron chi connectivity index (χ1n) is 10.9. The van der Waals surface area contributed by atoms with Crippen molar-refractivity contribution < 1.29 is 35.8 Å². The number of halogens is 7. The minimum absolute atomic E-state index is 0.00255. The van der Waals surface area contributed by atoms with Crippen LogP contribution >= 0.6 is 0 Å². The third kappa shape index (κ3) is 4.54. The highest BCUT2D eigenvalue weighted by molar-refractivity contribution is 5.51. The van der Waals surface area contributed by atoms with E-state index >= 15 is 0 Å². The lowest BCUT2D eigenvalue weighted by molar-refractivity contribution is -0.142. The average Bonchev–Trinajstić information content (AvgIpc) is 3.47. The molecule has 1 aliphatic heterocycles. The van der Waals surface area contributed by atoms with Crippen LogP contribution in [0.3, 0.4) is 0 Å². The van der Waals surface area contributed by atoms with Crippen LogP contribution in [0.5, 0.6) is 0 Å². The lowest BCUT2D eigenvalue weighted by atomic mass is 10.00. The SMILES string of the molecule is OC1C[C@H]2C[C@H]1CN2[C@H](CNc1cc(C(F)(F)F)nc2cc(C(F)(F)F)nn12)c1ccc(F)cc1. The summed E-state index contributed by atoms with van der Waals surface area (Å²) in [5.74, 6) is -0.720. The average molecular weight is 503 g/mol. The number of hydrogen-bond acceptors (Lipinski definition) is 5. The second kappa shape index (κ2) is 8.33. The number of hydrogen-bond donors (Lipinski definition) is 2. The second-order valence-electron chi connectivity index (χ2n) is 8.92. The summed E-state index contributed by atoms with van der Waals surface area (Å²) in [4.78, 5) is 5.40. The number of aliphatic hydroxyl groups excluding tert-OH is 1. The molecule has 1 saturated carbocycles. The van der Waals surface area contributed by atoms with Gasteiger partial charge in [0, 0.05) is 31.3 Å². The molecule has 2 N–H and O–H groups in total. The quantitative estimate of drug-likeness (QED) is 0.502. The predicted molar refractivity (Wildman–Crippen MR) is 110 cm³/mol. The van der Waals surface area contributed by atoms with Crippen molar-refractivity contribution in [2.24, 2.45) is 5.92 Å². The Morgan fingerprint density at radius 2 is 1.69 bits per heavy atom. The topological polar surface area (TPSA) is 65.7 Å². The summed E-state index contributed by atoms with van der Waals surface area (Å²) in [7, 11) is 0. The van der Waals surface area contributed by atoms with Gasteiger partial charge in [-0.1, -0.05) is 12.1 Å². The molecule has 1 unspecified atom stereocenters. The van der Waals surface area contributed by atoms with Gasteiger partial charge in [0.25, 0.3) is 0 Å². The normalized spacial score (nSPS) is 23.8. The number of nitrogens with zero attached hydrogens (tertiary/aromatic N) is 4. The van der Waals surface area contributed by atoms with E-state index in [0.29, 0.717) is 35.2 Å². The molecule has 1 aliphatic carbocycles. The summed E-state index contributed by atoms with van der Waals surface area (Å²) >= 11 is 0. The number of alkyl halides is 6. The highest BCUT2D eigenvalue weighted by Gasteiger charge is 2.46. The molecular weight excluding hydrogens is 483 g/mol.